The molecule has 0 fully saturated rings. The lowest BCUT2D eigenvalue weighted by Gasteiger charge is -2.28. The molecule has 0 unspecified atom stereocenters. The molecular weight excluding hydrogens is 260 g/mol. The predicted molar refractivity (Wildman–Crippen MR) is 80.1 cm³/mol. The Morgan fingerprint density at radius 1 is 1.37 bits per heavy atom. The van der Waals surface area contributed by atoms with Crippen molar-refractivity contribution in [2.45, 2.75) is 32.7 Å². The molecule has 0 spiro atoms. The molecule has 0 aliphatic carbocycles. The molecule has 0 atom stereocenters. The number of alkyl halides is 1. The quantitative estimate of drug-likeness (QED) is 0.784. The fourth-order valence-electron chi connectivity index (χ4n) is 2.59. The van der Waals surface area contributed by atoms with Crippen molar-refractivity contribution in [3.8, 4) is 0 Å². The predicted octanol–water partition coefficient (Wildman–Crippen LogP) is 3.51. The van der Waals surface area contributed by atoms with Gasteiger partial charge in [-0.2, -0.15) is 0 Å². The average Bonchev–Trinajstić information content (AvgIpc) is 2.67. The summed E-state index contributed by atoms with van der Waals surface area (Å²) < 4.78 is 7.61. The molecule has 0 saturated heterocycles. The van der Waals surface area contributed by atoms with Gasteiger partial charge in [0, 0.05) is 19.4 Å². The highest BCUT2D eigenvalue weighted by Crippen LogP contribution is 2.27. The number of halogens is 1. The van der Waals surface area contributed by atoms with E-state index in [1.165, 1.54) is 5.56 Å². The molecule has 0 amide bonds. The summed E-state index contributed by atoms with van der Waals surface area (Å²) in [5.74, 6) is 1.60. The zero-order chi connectivity index (χ0) is 14.0. The number of hydrogen-bond acceptors (Lipinski definition) is 2. The molecule has 1 aromatic heterocycles. The van der Waals surface area contributed by atoms with Crippen molar-refractivity contribution in [1.82, 2.24) is 9.55 Å². The number of nitrogens with zero attached hydrogens (tertiary/aromatic N) is 2. The smallest absolute Gasteiger partial charge is 0.111 e. The summed E-state index contributed by atoms with van der Waals surface area (Å²) in [4.78, 5) is 4.73. The first kappa shape index (κ1) is 14.4. The number of methoxy groups -OCH3 is 1. The number of rotatable bonds is 5. The van der Waals surface area contributed by atoms with Gasteiger partial charge in [0.25, 0.3) is 0 Å². The lowest BCUT2D eigenvalue weighted by atomic mass is 10.1. The topological polar surface area (TPSA) is 27.1 Å². The number of aryl methyl sites for hydroxylation is 2. The third-order valence-electron chi connectivity index (χ3n) is 3.30. The minimum Gasteiger partial charge on any atom is -0.382 e. The molecule has 0 aliphatic heterocycles. The summed E-state index contributed by atoms with van der Waals surface area (Å²) in [6.07, 6.45) is 0.766. The number of ether oxygens (including phenoxy) is 1. The molecule has 0 saturated carbocycles. The number of imidazole rings is 1. The highest BCUT2D eigenvalue weighted by Gasteiger charge is 2.25. The van der Waals surface area contributed by atoms with E-state index in [0.29, 0.717) is 12.5 Å². The van der Waals surface area contributed by atoms with Crippen LogP contribution in [0.25, 0.3) is 11.0 Å². The summed E-state index contributed by atoms with van der Waals surface area (Å²) in [5, 5.41) is 0. The molecule has 4 heteroatoms. The fourth-order valence-corrected chi connectivity index (χ4v) is 2.75. The van der Waals surface area contributed by atoms with Gasteiger partial charge < -0.3 is 9.30 Å². The van der Waals surface area contributed by atoms with Crippen molar-refractivity contribution in [2.24, 2.45) is 0 Å². The van der Waals surface area contributed by atoms with Gasteiger partial charge in [0.1, 0.15) is 5.82 Å². The van der Waals surface area contributed by atoms with Gasteiger partial charge in [0.05, 0.1) is 23.2 Å². The zero-order valence-electron chi connectivity index (χ0n) is 12.0. The molecule has 0 radical (unpaired) electrons. The number of benzene rings is 1. The summed E-state index contributed by atoms with van der Waals surface area (Å²) in [7, 11) is 1.73. The van der Waals surface area contributed by atoms with Crippen LogP contribution >= 0.6 is 11.6 Å². The van der Waals surface area contributed by atoms with Crippen molar-refractivity contribution in [2.75, 3.05) is 19.6 Å². The second-order valence-corrected chi connectivity index (χ2v) is 5.92. The summed E-state index contributed by atoms with van der Waals surface area (Å²) in [5.41, 5.74) is 3.26. The van der Waals surface area contributed by atoms with Crippen molar-refractivity contribution in [1.29, 1.82) is 0 Å². The molecular formula is C15H21ClN2O. The zero-order valence-corrected chi connectivity index (χ0v) is 12.8. The van der Waals surface area contributed by atoms with Gasteiger partial charge in [0.2, 0.25) is 0 Å². The van der Waals surface area contributed by atoms with E-state index in [2.05, 4.69) is 43.5 Å². The number of fused-ring (bicyclic) bond motifs is 1. The van der Waals surface area contributed by atoms with Crippen molar-refractivity contribution in [3.63, 3.8) is 0 Å². The van der Waals surface area contributed by atoms with Gasteiger partial charge in [-0.25, -0.2) is 4.98 Å². The molecule has 104 valence electrons. The molecule has 0 aliphatic rings. The van der Waals surface area contributed by atoms with Crippen LogP contribution in [0, 0.1) is 6.92 Å². The monoisotopic (exact) mass is 280 g/mol. The van der Waals surface area contributed by atoms with Gasteiger partial charge in [-0.1, -0.05) is 6.07 Å². The molecule has 2 rings (SSSR count). The average molecular weight is 281 g/mol. The maximum absolute atomic E-state index is 5.91. The van der Waals surface area contributed by atoms with E-state index in [-0.39, 0.29) is 5.54 Å². The van der Waals surface area contributed by atoms with Gasteiger partial charge in [-0.3, -0.25) is 0 Å². The maximum Gasteiger partial charge on any atom is 0.111 e. The molecule has 2 aromatic rings. The van der Waals surface area contributed by atoms with Crippen LogP contribution in [-0.4, -0.2) is 29.1 Å². The van der Waals surface area contributed by atoms with Gasteiger partial charge >= 0.3 is 0 Å². The van der Waals surface area contributed by atoms with Crippen molar-refractivity contribution in [3.05, 3.63) is 29.6 Å². The first-order valence-corrected chi connectivity index (χ1v) is 7.06. The third kappa shape index (κ3) is 2.77. The van der Waals surface area contributed by atoms with Crippen molar-refractivity contribution < 1.29 is 4.74 Å². The largest absolute Gasteiger partial charge is 0.382 e. The Morgan fingerprint density at radius 3 is 2.74 bits per heavy atom. The maximum atomic E-state index is 5.91. The Kier molecular flexibility index (Phi) is 4.16. The SMILES string of the molecule is COCC(C)(C)n1c(CCCl)nc2cc(C)ccc21. The Hall–Kier alpha value is -1.06. The fraction of sp³-hybridized carbons (Fsp3) is 0.533. The van der Waals surface area contributed by atoms with Crippen LogP contribution in [0.2, 0.25) is 0 Å². The first-order valence-electron chi connectivity index (χ1n) is 6.53. The van der Waals surface area contributed by atoms with Gasteiger partial charge in [0.15, 0.2) is 0 Å². The standard InChI is InChI=1S/C15H21ClN2O/c1-11-5-6-13-12(9-11)17-14(7-8-16)18(13)15(2,3)10-19-4/h5-6,9H,7-8,10H2,1-4H3. The minimum absolute atomic E-state index is 0.139. The second-order valence-electron chi connectivity index (χ2n) is 5.54. The van der Waals surface area contributed by atoms with E-state index < -0.39 is 0 Å². The van der Waals surface area contributed by atoms with Crippen LogP contribution in [-0.2, 0) is 16.7 Å². The van der Waals surface area contributed by atoms with E-state index >= 15 is 0 Å². The van der Waals surface area contributed by atoms with Crippen LogP contribution in [0.3, 0.4) is 0 Å². The Balaban J connectivity index is 2.64. The normalized spacial score (nSPS) is 12.3. The summed E-state index contributed by atoms with van der Waals surface area (Å²) in [6.45, 7) is 7.05. The second kappa shape index (κ2) is 5.51. The van der Waals surface area contributed by atoms with Crippen LogP contribution in [0.15, 0.2) is 18.2 Å². The minimum atomic E-state index is -0.139. The van der Waals surface area contributed by atoms with E-state index in [1.807, 2.05) is 0 Å². The van der Waals surface area contributed by atoms with Crippen LogP contribution in [0.4, 0.5) is 0 Å². The van der Waals surface area contributed by atoms with Gasteiger partial charge in [-0.15, -0.1) is 11.6 Å². The molecule has 1 aromatic carbocycles. The number of aromatic nitrogens is 2. The van der Waals surface area contributed by atoms with Crippen LogP contribution < -0.4 is 0 Å². The summed E-state index contributed by atoms with van der Waals surface area (Å²) in [6, 6.07) is 6.37. The van der Waals surface area contributed by atoms with E-state index in [4.69, 9.17) is 21.3 Å². The Morgan fingerprint density at radius 2 is 2.11 bits per heavy atom. The lowest BCUT2D eigenvalue weighted by molar-refractivity contribution is 0.110. The molecule has 19 heavy (non-hydrogen) atoms. The highest BCUT2D eigenvalue weighted by atomic mass is 35.5. The molecule has 0 bridgehead atoms. The Bertz CT molecular complexity index is 575. The molecule has 0 N–H and O–H groups in total. The molecule has 3 nitrogen and oxygen atoms in total. The summed E-state index contributed by atoms with van der Waals surface area (Å²) >= 11 is 5.91. The first-order chi connectivity index (χ1) is 8.99. The van der Waals surface area contributed by atoms with Gasteiger partial charge in [-0.05, 0) is 38.5 Å². The van der Waals surface area contributed by atoms with E-state index in [0.717, 1.165) is 23.3 Å². The Labute approximate surface area is 119 Å². The van der Waals surface area contributed by atoms with E-state index in [1.54, 1.807) is 7.11 Å². The van der Waals surface area contributed by atoms with Crippen LogP contribution in [0.5, 0.6) is 0 Å². The highest BCUT2D eigenvalue weighted by molar-refractivity contribution is 6.17. The number of hydrogen-bond donors (Lipinski definition) is 0. The lowest BCUT2D eigenvalue weighted by Crippen LogP contribution is -2.33. The van der Waals surface area contributed by atoms with Crippen molar-refractivity contribution >= 4 is 22.6 Å². The third-order valence-corrected chi connectivity index (χ3v) is 3.49. The van der Waals surface area contributed by atoms with E-state index in [9.17, 15) is 0 Å². The molecule has 1 heterocycles. The van der Waals surface area contributed by atoms with Crippen LogP contribution in [0.1, 0.15) is 25.2 Å².